The molecule has 0 unspecified atom stereocenters. The van der Waals surface area contributed by atoms with E-state index in [1.54, 1.807) is 0 Å². The van der Waals surface area contributed by atoms with Gasteiger partial charge in [0, 0.05) is 0 Å². The zero-order valence-corrected chi connectivity index (χ0v) is 18.4. The van der Waals surface area contributed by atoms with Gasteiger partial charge < -0.3 is 4.55 Å². The topological polar surface area (TPSA) is 75.2 Å². The van der Waals surface area contributed by atoms with Crippen LogP contribution in [0.3, 0.4) is 0 Å². The third-order valence-corrected chi connectivity index (χ3v) is 4.77. The Morgan fingerprint density at radius 1 is 0.889 bits per heavy atom. The van der Waals surface area contributed by atoms with E-state index < -0.39 is 10.4 Å². The number of unbranched alkanes of at least 4 members (excludes halogenated alkanes) is 10. The van der Waals surface area contributed by atoms with Gasteiger partial charge in [0.2, 0.25) is 16.7 Å². The van der Waals surface area contributed by atoms with Crippen molar-refractivity contribution in [2.24, 2.45) is 7.05 Å². The van der Waals surface area contributed by atoms with E-state index in [1.165, 1.54) is 57.8 Å². The molecule has 1 heterocycles. The summed E-state index contributed by atoms with van der Waals surface area (Å²) in [6.07, 6.45) is 20.5. The summed E-state index contributed by atoms with van der Waals surface area (Å²) in [5.41, 5.74) is 0. The van der Waals surface area contributed by atoms with E-state index in [2.05, 4.69) is 45.9 Å². The van der Waals surface area contributed by atoms with Gasteiger partial charge >= 0.3 is 0 Å². The Morgan fingerprint density at radius 3 is 1.85 bits per heavy atom. The number of aromatic nitrogens is 2. The molecule has 0 spiro atoms. The molecule has 0 radical (unpaired) electrons. The zero-order valence-electron chi connectivity index (χ0n) is 17.6. The molecule has 0 saturated heterocycles. The van der Waals surface area contributed by atoms with Crippen LogP contribution in [0.25, 0.3) is 0 Å². The van der Waals surface area contributed by atoms with E-state index in [-0.39, 0.29) is 6.61 Å². The molecule has 0 N–H and O–H groups in total. The highest BCUT2D eigenvalue weighted by atomic mass is 32.3. The number of nitrogens with zero attached hydrogens (tertiary/aromatic N) is 2. The molecule has 0 bridgehead atoms. The number of rotatable bonds is 15. The molecule has 160 valence electrons. The highest BCUT2D eigenvalue weighted by Crippen LogP contribution is 2.10. The summed E-state index contributed by atoms with van der Waals surface area (Å²) in [6, 6.07) is 0. The fourth-order valence-electron chi connectivity index (χ4n) is 2.73. The predicted molar refractivity (Wildman–Crippen MR) is 108 cm³/mol. The van der Waals surface area contributed by atoms with Crippen LogP contribution in [0.5, 0.6) is 0 Å². The van der Waals surface area contributed by atoms with Gasteiger partial charge in [0.1, 0.15) is 12.4 Å². The minimum absolute atomic E-state index is 0.0301. The molecule has 0 aliphatic heterocycles. The zero-order chi connectivity index (χ0) is 20.4. The van der Waals surface area contributed by atoms with Crippen molar-refractivity contribution in [2.75, 3.05) is 6.61 Å². The number of hydrogen-bond acceptors (Lipinski definition) is 4. The van der Waals surface area contributed by atoms with E-state index in [4.69, 9.17) is 0 Å². The molecule has 0 amide bonds. The number of hydrogen-bond donors (Lipinski definition) is 0. The molecule has 1 rings (SSSR count). The van der Waals surface area contributed by atoms with Crippen LogP contribution < -0.4 is 4.57 Å². The normalized spacial score (nSPS) is 11.3. The first-order chi connectivity index (χ1) is 12.9. The second-order valence-corrected chi connectivity index (χ2v) is 8.13. The van der Waals surface area contributed by atoms with Gasteiger partial charge in [0.05, 0.1) is 20.2 Å². The minimum Gasteiger partial charge on any atom is -0.726 e. The summed E-state index contributed by atoms with van der Waals surface area (Å²) >= 11 is 0. The van der Waals surface area contributed by atoms with Crippen molar-refractivity contribution in [1.29, 1.82) is 0 Å². The fourth-order valence-corrected chi connectivity index (χ4v) is 3.05. The average molecular weight is 405 g/mol. The van der Waals surface area contributed by atoms with E-state index in [0.29, 0.717) is 6.42 Å². The van der Waals surface area contributed by atoms with Gasteiger partial charge in [-0.1, -0.05) is 78.1 Å². The summed E-state index contributed by atoms with van der Waals surface area (Å²) < 4.78 is 38.7. The van der Waals surface area contributed by atoms with Crippen molar-refractivity contribution in [3.63, 3.8) is 0 Å². The van der Waals surface area contributed by atoms with Crippen molar-refractivity contribution < 1.29 is 21.7 Å². The Morgan fingerprint density at radius 2 is 1.41 bits per heavy atom. The smallest absolute Gasteiger partial charge is 0.243 e. The summed E-state index contributed by atoms with van der Waals surface area (Å²) in [5.74, 6) is 0. The highest BCUT2D eigenvalue weighted by molar-refractivity contribution is 7.80. The van der Waals surface area contributed by atoms with Gasteiger partial charge in [-0.05, 0) is 12.8 Å². The fraction of sp³-hybridized carbons (Fsp3) is 0.850. The molecule has 0 fully saturated rings. The SMILES string of the molecule is CCCCCCCCCCCCOS(=O)(=O)[O-].CCCCn1cc[n+](C)c1. The largest absolute Gasteiger partial charge is 0.726 e. The van der Waals surface area contributed by atoms with Crippen LogP contribution in [-0.4, -0.2) is 24.1 Å². The lowest BCUT2D eigenvalue weighted by molar-refractivity contribution is -0.671. The van der Waals surface area contributed by atoms with Crippen molar-refractivity contribution in [3.8, 4) is 0 Å². The van der Waals surface area contributed by atoms with E-state index in [9.17, 15) is 13.0 Å². The van der Waals surface area contributed by atoms with Gasteiger partial charge in [0.15, 0.2) is 0 Å². The van der Waals surface area contributed by atoms with Gasteiger partial charge in [-0.2, -0.15) is 0 Å². The third kappa shape index (κ3) is 19.6. The summed E-state index contributed by atoms with van der Waals surface area (Å²) in [6.45, 7) is 5.60. The molecule has 0 saturated carbocycles. The first-order valence-electron chi connectivity index (χ1n) is 10.5. The Hall–Kier alpha value is -0.920. The van der Waals surface area contributed by atoms with Crippen LogP contribution in [0.2, 0.25) is 0 Å². The predicted octanol–water partition coefficient (Wildman–Crippen LogP) is 4.50. The molecule has 0 aromatic carbocycles. The Labute approximate surface area is 166 Å². The molecular formula is C20H40N2O4S. The van der Waals surface area contributed by atoms with Crippen LogP contribution in [0.1, 0.15) is 90.9 Å². The molecular weight excluding hydrogens is 364 g/mol. The highest BCUT2D eigenvalue weighted by Gasteiger charge is 1.97. The summed E-state index contributed by atoms with van der Waals surface area (Å²) in [4.78, 5) is 0. The van der Waals surface area contributed by atoms with E-state index in [0.717, 1.165) is 19.4 Å². The van der Waals surface area contributed by atoms with E-state index >= 15 is 0 Å². The molecule has 1 aromatic rings. The molecule has 6 nitrogen and oxygen atoms in total. The van der Waals surface area contributed by atoms with Crippen molar-refractivity contribution in [3.05, 3.63) is 18.7 Å². The average Bonchev–Trinajstić information content (AvgIpc) is 3.03. The maximum atomic E-state index is 10.1. The summed E-state index contributed by atoms with van der Waals surface area (Å²) in [5, 5.41) is 0. The van der Waals surface area contributed by atoms with Crippen LogP contribution in [0.15, 0.2) is 18.7 Å². The first kappa shape index (κ1) is 26.1. The quantitative estimate of drug-likeness (QED) is 0.187. The van der Waals surface area contributed by atoms with Crippen LogP contribution in [0.4, 0.5) is 0 Å². The monoisotopic (exact) mass is 404 g/mol. The summed E-state index contributed by atoms with van der Waals surface area (Å²) in [7, 11) is -2.44. The second-order valence-electron chi connectivity index (χ2n) is 7.08. The van der Waals surface area contributed by atoms with E-state index in [1.807, 2.05) is 7.05 Å². The first-order valence-corrected chi connectivity index (χ1v) is 11.8. The standard InChI is InChI=1S/C12H26O4S.C8H15N2/c1-2-3-4-5-6-7-8-9-10-11-12-16-17(13,14)15;1-3-4-5-10-7-6-9(2)8-10/h2-12H2,1H3,(H,13,14,15);6-8H,3-5H2,1-2H3/q;+1/p-1. The lowest BCUT2D eigenvalue weighted by Crippen LogP contribution is -2.23. The lowest BCUT2D eigenvalue weighted by Gasteiger charge is -2.06. The van der Waals surface area contributed by atoms with Crippen molar-refractivity contribution in [1.82, 2.24) is 4.57 Å². The lowest BCUT2D eigenvalue weighted by atomic mass is 10.1. The van der Waals surface area contributed by atoms with Gasteiger partial charge in [-0.3, -0.25) is 4.18 Å². The second kappa shape index (κ2) is 17.2. The van der Waals surface area contributed by atoms with Crippen LogP contribution in [0, 0.1) is 0 Å². The van der Waals surface area contributed by atoms with Crippen LogP contribution >= 0.6 is 0 Å². The number of imidazole rings is 1. The maximum Gasteiger partial charge on any atom is 0.243 e. The van der Waals surface area contributed by atoms with Gasteiger partial charge in [-0.25, -0.2) is 17.6 Å². The van der Waals surface area contributed by atoms with Crippen molar-refractivity contribution in [2.45, 2.75) is 97.4 Å². The van der Waals surface area contributed by atoms with Crippen LogP contribution in [-0.2, 0) is 28.2 Å². The van der Waals surface area contributed by atoms with Crippen molar-refractivity contribution >= 4 is 10.4 Å². The Balaban J connectivity index is 0.000000569. The minimum atomic E-state index is -4.48. The molecule has 1 aromatic heterocycles. The third-order valence-electron chi connectivity index (χ3n) is 4.32. The van der Waals surface area contributed by atoms with Gasteiger partial charge in [-0.15, -0.1) is 0 Å². The maximum absolute atomic E-state index is 10.1. The molecule has 0 aliphatic rings. The Kier molecular flexibility index (Phi) is 16.6. The Bertz CT molecular complexity index is 544. The molecule has 0 atom stereocenters. The molecule has 7 heteroatoms. The van der Waals surface area contributed by atoms with Gasteiger partial charge in [0.25, 0.3) is 0 Å². The number of aryl methyl sites for hydroxylation is 2. The molecule has 27 heavy (non-hydrogen) atoms. The molecule has 0 aliphatic carbocycles.